The zero-order valence-corrected chi connectivity index (χ0v) is 37.0. The molecule has 0 N–H and O–H groups in total. The van der Waals surface area contributed by atoms with E-state index in [1.165, 1.54) is 54.7 Å². The molecule has 0 aliphatic rings. The Labute approximate surface area is 394 Å². The number of fused-ring (bicyclic) bond motifs is 6. The number of nitrogens with zero attached hydrogens (tertiary/aromatic N) is 4. The molecule has 0 aliphatic heterocycles. The van der Waals surface area contributed by atoms with E-state index in [9.17, 15) is 0 Å². The standard InChI is InChI=1S/C64H42N4/c1-2-15-43(16-3-1)48-17-12-18-49(39-48)44-33-37-47(38-34-44)64-65-58(42-59(66-64)51-20-14-22-53(41-51)68-62-29-10-6-25-56(62)57-26-7-11-30-63(57)68)46-35-31-45(32-36-46)50-19-13-21-52(40-50)67-60-27-8-4-23-54(60)55-24-5-9-28-61(55)67/h1-42H. The molecule has 68 heavy (non-hydrogen) atoms. The molecule has 13 rings (SSSR count). The summed E-state index contributed by atoms with van der Waals surface area (Å²) >= 11 is 0. The second kappa shape index (κ2) is 16.4. The van der Waals surface area contributed by atoms with Crippen LogP contribution < -0.4 is 0 Å². The highest BCUT2D eigenvalue weighted by Crippen LogP contribution is 2.37. The average molecular weight is 867 g/mol. The third kappa shape index (κ3) is 6.86. The van der Waals surface area contributed by atoms with Crippen LogP contribution in [0, 0.1) is 0 Å². The average Bonchev–Trinajstić information content (AvgIpc) is 3.94. The van der Waals surface area contributed by atoms with Gasteiger partial charge in [-0.25, -0.2) is 9.97 Å². The Morgan fingerprint density at radius 1 is 0.221 bits per heavy atom. The maximum Gasteiger partial charge on any atom is 0.160 e. The normalized spacial score (nSPS) is 11.5. The zero-order valence-electron chi connectivity index (χ0n) is 37.0. The van der Waals surface area contributed by atoms with Gasteiger partial charge in [0, 0.05) is 49.6 Å². The largest absolute Gasteiger partial charge is 0.309 e. The monoisotopic (exact) mass is 866 g/mol. The molecular weight excluding hydrogens is 825 g/mol. The second-order valence-corrected chi connectivity index (χ2v) is 17.4. The van der Waals surface area contributed by atoms with Crippen molar-refractivity contribution in [2.45, 2.75) is 0 Å². The number of rotatable bonds is 8. The molecule has 3 aromatic heterocycles. The first-order valence-corrected chi connectivity index (χ1v) is 23.1. The van der Waals surface area contributed by atoms with Gasteiger partial charge in [0.2, 0.25) is 0 Å². The molecule has 0 fully saturated rings. The van der Waals surface area contributed by atoms with Gasteiger partial charge in [-0.3, -0.25) is 0 Å². The topological polar surface area (TPSA) is 35.6 Å². The van der Waals surface area contributed by atoms with Gasteiger partial charge in [0.25, 0.3) is 0 Å². The van der Waals surface area contributed by atoms with E-state index in [0.29, 0.717) is 5.82 Å². The molecule has 10 aromatic carbocycles. The molecule has 0 radical (unpaired) electrons. The number of aromatic nitrogens is 4. The van der Waals surface area contributed by atoms with Gasteiger partial charge in [-0.05, 0) is 94.0 Å². The third-order valence-electron chi connectivity index (χ3n) is 13.4. The fourth-order valence-corrected chi connectivity index (χ4v) is 10.1. The fraction of sp³-hybridized carbons (Fsp3) is 0. The Morgan fingerprint density at radius 2 is 0.559 bits per heavy atom. The minimum Gasteiger partial charge on any atom is -0.309 e. The predicted molar refractivity (Wildman–Crippen MR) is 283 cm³/mol. The number of hydrogen-bond donors (Lipinski definition) is 0. The van der Waals surface area contributed by atoms with Crippen LogP contribution in [0.4, 0.5) is 0 Å². The van der Waals surface area contributed by atoms with Crippen LogP contribution in [0.2, 0.25) is 0 Å². The van der Waals surface area contributed by atoms with Crippen LogP contribution in [-0.4, -0.2) is 19.1 Å². The van der Waals surface area contributed by atoms with Gasteiger partial charge in [-0.15, -0.1) is 0 Å². The summed E-state index contributed by atoms with van der Waals surface area (Å²) in [6.45, 7) is 0. The van der Waals surface area contributed by atoms with E-state index in [2.05, 4.69) is 264 Å². The van der Waals surface area contributed by atoms with Crippen molar-refractivity contribution in [3.63, 3.8) is 0 Å². The van der Waals surface area contributed by atoms with Crippen molar-refractivity contribution in [1.82, 2.24) is 19.1 Å². The molecule has 0 amide bonds. The lowest BCUT2D eigenvalue weighted by Crippen LogP contribution is -1.98. The van der Waals surface area contributed by atoms with Crippen LogP contribution in [0.1, 0.15) is 0 Å². The molecule has 0 bridgehead atoms. The van der Waals surface area contributed by atoms with Crippen molar-refractivity contribution in [1.29, 1.82) is 0 Å². The quantitative estimate of drug-likeness (QED) is 0.153. The minimum atomic E-state index is 0.673. The van der Waals surface area contributed by atoms with E-state index in [1.54, 1.807) is 0 Å². The second-order valence-electron chi connectivity index (χ2n) is 17.4. The summed E-state index contributed by atoms with van der Waals surface area (Å²) in [5.41, 5.74) is 18.6. The predicted octanol–water partition coefficient (Wildman–Crippen LogP) is 16.7. The molecule has 0 saturated carbocycles. The summed E-state index contributed by atoms with van der Waals surface area (Å²) in [4.78, 5) is 10.6. The van der Waals surface area contributed by atoms with Crippen molar-refractivity contribution in [2.75, 3.05) is 0 Å². The Balaban J connectivity index is 0.899. The third-order valence-corrected chi connectivity index (χ3v) is 13.4. The summed E-state index contributed by atoms with van der Waals surface area (Å²) in [6.07, 6.45) is 0. The lowest BCUT2D eigenvalue weighted by atomic mass is 9.98. The Hall–Kier alpha value is -9.12. The van der Waals surface area contributed by atoms with E-state index < -0.39 is 0 Å². The molecule has 0 saturated heterocycles. The van der Waals surface area contributed by atoms with Gasteiger partial charge in [0.15, 0.2) is 5.82 Å². The Morgan fingerprint density at radius 3 is 1.06 bits per heavy atom. The molecule has 0 aliphatic carbocycles. The molecule has 318 valence electrons. The highest BCUT2D eigenvalue weighted by Gasteiger charge is 2.17. The van der Waals surface area contributed by atoms with Crippen LogP contribution in [0.5, 0.6) is 0 Å². The summed E-state index contributed by atoms with van der Waals surface area (Å²) in [7, 11) is 0. The summed E-state index contributed by atoms with van der Waals surface area (Å²) in [6, 6.07) is 91.0. The highest BCUT2D eigenvalue weighted by molar-refractivity contribution is 6.10. The van der Waals surface area contributed by atoms with E-state index in [1.807, 2.05) is 0 Å². The van der Waals surface area contributed by atoms with Crippen LogP contribution >= 0.6 is 0 Å². The van der Waals surface area contributed by atoms with Crippen molar-refractivity contribution < 1.29 is 0 Å². The first kappa shape index (κ1) is 39.3. The summed E-state index contributed by atoms with van der Waals surface area (Å²) in [5, 5.41) is 4.98. The Bertz CT molecular complexity index is 3900. The molecule has 0 spiro atoms. The first-order valence-electron chi connectivity index (χ1n) is 23.1. The summed E-state index contributed by atoms with van der Waals surface area (Å²) < 4.78 is 4.73. The molecular formula is C64H42N4. The van der Waals surface area contributed by atoms with Gasteiger partial charge in [0.05, 0.1) is 33.5 Å². The molecule has 13 aromatic rings. The van der Waals surface area contributed by atoms with Gasteiger partial charge < -0.3 is 9.13 Å². The SMILES string of the molecule is c1ccc(-c2cccc(-c3ccc(-c4nc(-c5ccc(-c6cccc(-n7c8ccccc8c8ccccc87)c6)cc5)cc(-c5cccc(-n6c7ccccc7c7ccccc76)c5)n4)cc3)c2)cc1. The van der Waals surface area contributed by atoms with Crippen molar-refractivity contribution >= 4 is 43.6 Å². The number of benzene rings is 10. The number of hydrogen-bond acceptors (Lipinski definition) is 2. The molecule has 4 nitrogen and oxygen atoms in total. The molecule has 3 heterocycles. The van der Waals surface area contributed by atoms with Crippen LogP contribution in [0.25, 0.3) is 122 Å². The van der Waals surface area contributed by atoms with E-state index in [-0.39, 0.29) is 0 Å². The molecule has 4 heteroatoms. The first-order chi connectivity index (χ1) is 33.7. The fourth-order valence-electron chi connectivity index (χ4n) is 10.1. The van der Waals surface area contributed by atoms with E-state index >= 15 is 0 Å². The van der Waals surface area contributed by atoms with Crippen molar-refractivity contribution in [3.05, 3.63) is 255 Å². The van der Waals surface area contributed by atoms with Gasteiger partial charge in [0.1, 0.15) is 0 Å². The molecule has 0 unspecified atom stereocenters. The Kier molecular flexibility index (Phi) is 9.47. The van der Waals surface area contributed by atoms with Crippen molar-refractivity contribution in [3.8, 4) is 78.7 Å². The van der Waals surface area contributed by atoms with Crippen molar-refractivity contribution in [2.24, 2.45) is 0 Å². The highest BCUT2D eigenvalue weighted by atomic mass is 15.0. The number of para-hydroxylation sites is 4. The summed E-state index contributed by atoms with van der Waals surface area (Å²) in [5.74, 6) is 0.673. The smallest absolute Gasteiger partial charge is 0.160 e. The van der Waals surface area contributed by atoms with E-state index in [4.69, 9.17) is 9.97 Å². The van der Waals surface area contributed by atoms with Crippen LogP contribution in [0.15, 0.2) is 255 Å². The van der Waals surface area contributed by atoms with Gasteiger partial charge in [-0.1, -0.05) is 194 Å². The maximum absolute atomic E-state index is 5.32. The van der Waals surface area contributed by atoms with Crippen LogP contribution in [0.3, 0.4) is 0 Å². The maximum atomic E-state index is 5.32. The van der Waals surface area contributed by atoms with Gasteiger partial charge in [-0.2, -0.15) is 0 Å². The van der Waals surface area contributed by atoms with Crippen LogP contribution in [-0.2, 0) is 0 Å². The van der Waals surface area contributed by atoms with E-state index in [0.717, 1.165) is 61.7 Å². The molecule has 0 atom stereocenters. The lowest BCUT2D eigenvalue weighted by molar-refractivity contribution is 1.16. The zero-order chi connectivity index (χ0) is 45.0. The lowest BCUT2D eigenvalue weighted by Gasteiger charge is -2.13. The van der Waals surface area contributed by atoms with Gasteiger partial charge >= 0.3 is 0 Å². The minimum absolute atomic E-state index is 0.673.